The van der Waals surface area contributed by atoms with Crippen molar-refractivity contribution in [1.29, 1.82) is 0 Å². The van der Waals surface area contributed by atoms with Crippen molar-refractivity contribution in [2.75, 3.05) is 33.5 Å². The molecular weight excluding hydrogens is 264 g/mol. The lowest BCUT2D eigenvalue weighted by Crippen LogP contribution is -2.55. The third-order valence-corrected chi connectivity index (χ3v) is 2.79. The van der Waals surface area contributed by atoms with Gasteiger partial charge in [0.2, 0.25) is 0 Å². The smallest absolute Gasteiger partial charge is 0.329 e. The lowest BCUT2D eigenvalue weighted by atomic mass is 9.97. The predicted molar refractivity (Wildman–Crippen MR) is 74.8 cm³/mol. The highest BCUT2D eigenvalue weighted by molar-refractivity contribution is 5.85. The number of nitrogens with one attached hydrogen (secondary N) is 2. The summed E-state index contributed by atoms with van der Waals surface area (Å²) in [5.41, 5.74) is -1.23. The molecule has 0 heterocycles. The number of hydrogen-bond donors (Lipinski definition) is 3. The average molecular weight is 290 g/mol. The van der Waals surface area contributed by atoms with Crippen molar-refractivity contribution in [3.63, 3.8) is 0 Å². The van der Waals surface area contributed by atoms with Crippen LogP contribution in [0, 0.1) is 0 Å². The fourth-order valence-electron chi connectivity index (χ4n) is 1.64. The number of aliphatic carboxylic acids is 1. The van der Waals surface area contributed by atoms with Gasteiger partial charge in [0.25, 0.3) is 0 Å². The summed E-state index contributed by atoms with van der Waals surface area (Å²) in [6, 6.07) is -0.472. The van der Waals surface area contributed by atoms with Gasteiger partial charge in [0.15, 0.2) is 0 Å². The van der Waals surface area contributed by atoms with E-state index in [0.717, 1.165) is 0 Å². The van der Waals surface area contributed by atoms with Gasteiger partial charge in [-0.1, -0.05) is 13.3 Å². The minimum atomic E-state index is -1.23. The summed E-state index contributed by atoms with van der Waals surface area (Å²) in [6.45, 7) is 5.40. The lowest BCUT2D eigenvalue weighted by molar-refractivity contribution is -0.144. The maximum Gasteiger partial charge on any atom is 0.329 e. The molecule has 0 saturated carbocycles. The molecule has 20 heavy (non-hydrogen) atoms. The zero-order valence-electron chi connectivity index (χ0n) is 12.5. The van der Waals surface area contributed by atoms with Crippen LogP contribution in [0.25, 0.3) is 0 Å². The van der Waals surface area contributed by atoms with Crippen LogP contribution in [0.15, 0.2) is 0 Å². The van der Waals surface area contributed by atoms with Gasteiger partial charge in [0.1, 0.15) is 5.54 Å². The summed E-state index contributed by atoms with van der Waals surface area (Å²) in [5, 5.41) is 14.2. The first-order valence-electron chi connectivity index (χ1n) is 6.82. The SMILES string of the molecule is CCCC(C)(NC(=O)NCCCOCCOC)C(=O)O. The monoisotopic (exact) mass is 290 g/mol. The van der Waals surface area contributed by atoms with Crippen molar-refractivity contribution < 1.29 is 24.2 Å². The first kappa shape index (κ1) is 18.7. The number of rotatable bonds is 11. The van der Waals surface area contributed by atoms with Crippen LogP contribution in [0.3, 0.4) is 0 Å². The number of carboxylic acids is 1. The van der Waals surface area contributed by atoms with Crippen molar-refractivity contribution in [3.05, 3.63) is 0 Å². The molecule has 1 atom stereocenters. The van der Waals surface area contributed by atoms with E-state index in [9.17, 15) is 9.59 Å². The Bertz CT molecular complexity index is 298. The minimum Gasteiger partial charge on any atom is -0.480 e. The van der Waals surface area contributed by atoms with E-state index in [4.69, 9.17) is 14.6 Å². The second-order valence-corrected chi connectivity index (χ2v) is 4.73. The van der Waals surface area contributed by atoms with E-state index in [2.05, 4.69) is 10.6 Å². The molecule has 3 N–H and O–H groups in total. The van der Waals surface area contributed by atoms with Gasteiger partial charge in [0.05, 0.1) is 13.2 Å². The van der Waals surface area contributed by atoms with E-state index in [0.29, 0.717) is 45.6 Å². The van der Waals surface area contributed by atoms with E-state index >= 15 is 0 Å². The lowest BCUT2D eigenvalue weighted by Gasteiger charge is -2.25. The second kappa shape index (κ2) is 10.4. The van der Waals surface area contributed by atoms with E-state index < -0.39 is 17.5 Å². The van der Waals surface area contributed by atoms with E-state index in [1.807, 2.05) is 6.92 Å². The number of carbonyl (C=O) groups excluding carboxylic acids is 1. The van der Waals surface area contributed by atoms with Crippen LogP contribution in [0.5, 0.6) is 0 Å². The quantitative estimate of drug-likeness (QED) is 0.493. The van der Waals surface area contributed by atoms with Gasteiger partial charge in [-0.05, 0) is 19.8 Å². The highest BCUT2D eigenvalue weighted by atomic mass is 16.5. The first-order valence-corrected chi connectivity index (χ1v) is 6.82. The Labute approximate surface area is 120 Å². The van der Waals surface area contributed by atoms with E-state index in [1.54, 1.807) is 7.11 Å². The molecule has 0 fully saturated rings. The van der Waals surface area contributed by atoms with Crippen molar-refractivity contribution in [2.24, 2.45) is 0 Å². The van der Waals surface area contributed by atoms with Crippen molar-refractivity contribution in [1.82, 2.24) is 10.6 Å². The van der Waals surface area contributed by atoms with Crippen LogP contribution >= 0.6 is 0 Å². The summed E-state index contributed by atoms with van der Waals surface area (Å²) in [6.07, 6.45) is 1.72. The molecule has 2 amide bonds. The van der Waals surface area contributed by atoms with Crippen molar-refractivity contribution in [2.45, 2.75) is 38.6 Å². The summed E-state index contributed by atoms with van der Waals surface area (Å²) in [4.78, 5) is 22.8. The molecule has 0 aliphatic carbocycles. The molecule has 118 valence electrons. The van der Waals surface area contributed by atoms with Gasteiger partial charge >= 0.3 is 12.0 Å². The molecule has 0 radical (unpaired) electrons. The van der Waals surface area contributed by atoms with Crippen molar-refractivity contribution in [3.8, 4) is 0 Å². The normalized spacial score (nSPS) is 13.6. The van der Waals surface area contributed by atoms with E-state index in [-0.39, 0.29) is 0 Å². The number of amides is 2. The second-order valence-electron chi connectivity index (χ2n) is 4.73. The van der Waals surface area contributed by atoms with Crippen LogP contribution in [0.2, 0.25) is 0 Å². The zero-order chi connectivity index (χ0) is 15.4. The zero-order valence-corrected chi connectivity index (χ0v) is 12.5. The van der Waals surface area contributed by atoms with Gasteiger partial charge in [-0.25, -0.2) is 9.59 Å². The largest absolute Gasteiger partial charge is 0.480 e. The Morgan fingerprint density at radius 3 is 2.50 bits per heavy atom. The summed E-state index contributed by atoms with van der Waals surface area (Å²) < 4.78 is 10.1. The van der Waals surface area contributed by atoms with Crippen LogP contribution < -0.4 is 10.6 Å². The van der Waals surface area contributed by atoms with Gasteiger partial charge < -0.3 is 25.2 Å². The molecular formula is C13H26N2O5. The highest BCUT2D eigenvalue weighted by Crippen LogP contribution is 2.12. The molecule has 1 unspecified atom stereocenters. The number of urea groups is 1. The van der Waals surface area contributed by atoms with Crippen LogP contribution in [-0.4, -0.2) is 56.1 Å². The van der Waals surface area contributed by atoms with Crippen LogP contribution in [0.4, 0.5) is 4.79 Å². The molecule has 0 bridgehead atoms. The Kier molecular flexibility index (Phi) is 9.75. The molecule has 0 aromatic rings. The number of carbonyl (C=O) groups is 2. The summed E-state index contributed by atoms with van der Waals surface area (Å²) >= 11 is 0. The Morgan fingerprint density at radius 2 is 1.95 bits per heavy atom. The topological polar surface area (TPSA) is 96.9 Å². The number of ether oxygens (including phenoxy) is 2. The van der Waals surface area contributed by atoms with Gasteiger partial charge in [-0.2, -0.15) is 0 Å². The molecule has 0 rings (SSSR count). The number of carboxylic acid groups (broad SMARTS) is 1. The Morgan fingerprint density at radius 1 is 1.25 bits per heavy atom. The molecule has 0 spiro atoms. The predicted octanol–water partition coefficient (Wildman–Crippen LogP) is 0.982. The van der Waals surface area contributed by atoms with Crippen LogP contribution in [-0.2, 0) is 14.3 Å². The third-order valence-electron chi connectivity index (χ3n) is 2.79. The van der Waals surface area contributed by atoms with Crippen LogP contribution in [0.1, 0.15) is 33.1 Å². The van der Waals surface area contributed by atoms with Gasteiger partial charge in [0, 0.05) is 20.3 Å². The van der Waals surface area contributed by atoms with Gasteiger partial charge in [-0.3, -0.25) is 0 Å². The van der Waals surface area contributed by atoms with Gasteiger partial charge in [-0.15, -0.1) is 0 Å². The number of methoxy groups -OCH3 is 1. The minimum absolute atomic E-state index is 0.385. The molecule has 0 saturated heterocycles. The summed E-state index contributed by atoms with van der Waals surface area (Å²) in [5.74, 6) is -1.03. The maximum atomic E-state index is 11.6. The standard InChI is InChI=1S/C13H26N2O5/c1-4-6-13(2,11(16)17)15-12(18)14-7-5-8-20-10-9-19-3/h4-10H2,1-3H3,(H,16,17)(H2,14,15,18). The highest BCUT2D eigenvalue weighted by Gasteiger charge is 2.33. The molecule has 0 aromatic heterocycles. The molecule has 7 heteroatoms. The third kappa shape index (κ3) is 7.96. The average Bonchev–Trinajstić information content (AvgIpc) is 2.37. The fraction of sp³-hybridized carbons (Fsp3) is 0.846. The summed E-state index contributed by atoms with van der Waals surface area (Å²) in [7, 11) is 1.60. The molecule has 0 aliphatic heterocycles. The number of hydrogen-bond acceptors (Lipinski definition) is 4. The Hall–Kier alpha value is -1.34. The van der Waals surface area contributed by atoms with Crippen molar-refractivity contribution >= 4 is 12.0 Å². The van der Waals surface area contributed by atoms with E-state index in [1.165, 1.54) is 6.92 Å². The molecule has 0 aromatic carbocycles. The molecule has 0 aliphatic rings. The first-order chi connectivity index (χ1) is 9.46. The maximum absolute atomic E-state index is 11.6. The Balaban J connectivity index is 3.84. The molecule has 7 nitrogen and oxygen atoms in total. The fourth-order valence-corrected chi connectivity index (χ4v) is 1.64.